The van der Waals surface area contributed by atoms with Crippen LogP contribution in [0.25, 0.3) is 0 Å². The van der Waals surface area contributed by atoms with Crippen molar-refractivity contribution in [1.82, 2.24) is 0 Å². The number of methoxy groups -OCH3 is 2. The van der Waals surface area contributed by atoms with Crippen LogP contribution in [0.5, 0.6) is 11.5 Å². The average Bonchev–Trinajstić information content (AvgIpc) is 2.72. The minimum absolute atomic E-state index is 0.121. The van der Waals surface area contributed by atoms with E-state index in [0.29, 0.717) is 17.1 Å². The zero-order chi connectivity index (χ0) is 20.1. The Labute approximate surface area is 166 Å². The van der Waals surface area contributed by atoms with E-state index >= 15 is 0 Å². The zero-order valence-corrected chi connectivity index (χ0v) is 16.2. The van der Waals surface area contributed by atoms with Crippen molar-refractivity contribution in [3.05, 3.63) is 48.0 Å². The summed E-state index contributed by atoms with van der Waals surface area (Å²) in [6.07, 6.45) is -0.121. The van der Waals surface area contributed by atoms with E-state index in [-0.39, 0.29) is 18.1 Å². The van der Waals surface area contributed by atoms with E-state index in [9.17, 15) is 14.4 Å². The maximum absolute atomic E-state index is 12.3. The Balaban J connectivity index is 1.56. The summed E-state index contributed by atoms with van der Waals surface area (Å²) in [4.78, 5) is 37.4. The standard InChI is InChI=1S/C20H19NO6S/c1-25-15-8-7-12(9-16(15)26-2)14(22)11-27-19(23)10-18-20(24)21-13-5-3-4-6-17(13)28-18/h3-9,18H,10-11H2,1-2H3,(H,21,24)/t18-/m0/s1. The lowest BCUT2D eigenvalue weighted by molar-refractivity contribution is -0.143. The summed E-state index contributed by atoms with van der Waals surface area (Å²) in [6.45, 7) is -0.413. The van der Waals surface area contributed by atoms with Gasteiger partial charge in [0, 0.05) is 10.5 Å². The number of Topliss-reactive ketones (excluding diaryl/α,β-unsaturated/α-hetero) is 1. The van der Waals surface area contributed by atoms with Crippen molar-refractivity contribution >= 4 is 35.1 Å². The Bertz CT molecular complexity index is 913. The number of fused-ring (bicyclic) bond motifs is 1. The number of amides is 1. The first-order chi connectivity index (χ1) is 13.5. The second kappa shape index (κ2) is 8.79. The van der Waals surface area contributed by atoms with E-state index in [1.54, 1.807) is 18.2 Å². The van der Waals surface area contributed by atoms with Crippen LogP contribution in [0, 0.1) is 0 Å². The number of ether oxygens (including phenoxy) is 3. The number of carbonyl (C=O) groups is 3. The highest BCUT2D eigenvalue weighted by Crippen LogP contribution is 2.36. The Morgan fingerprint density at radius 1 is 1.07 bits per heavy atom. The van der Waals surface area contributed by atoms with E-state index in [4.69, 9.17) is 14.2 Å². The number of anilines is 1. The van der Waals surface area contributed by atoms with Crippen LogP contribution in [0.15, 0.2) is 47.4 Å². The summed E-state index contributed by atoms with van der Waals surface area (Å²) in [5.41, 5.74) is 1.06. The van der Waals surface area contributed by atoms with Crippen molar-refractivity contribution in [2.24, 2.45) is 0 Å². The number of hydrogen-bond acceptors (Lipinski definition) is 7. The number of rotatable bonds is 7. The lowest BCUT2D eigenvalue weighted by Gasteiger charge is -2.23. The number of nitrogens with one attached hydrogen (secondary N) is 1. The van der Waals surface area contributed by atoms with Gasteiger partial charge in [0.15, 0.2) is 23.9 Å². The van der Waals surface area contributed by atoms with Gasteiger partial charge in [-0.1, -0.05) is 12.1 Å². The largest absolute Gasteiger partial charge is 0.493 e. The molecule has 8 heteroatoms. The maximum atomic E-state index is 12.3. The normalized spacial score (nSPS) is 15.2. The smallest absolute Gasteiger partial charge is 0.307 e. The molecule has 0 bridgehead atoms. The van der Waals surface area contributed by atoms with E-state index in [1.807, 2.05) is 18.2 Å². The fourth-order valence-corrected chi connectivity index (χ4v) is 3.77. The summed E-state index contributed by atoms with van der Waals surface area (Å²) in [6, 6.07) is 12.1. The van der Waals surface area contributed by atoms with Gasteiger partial charge in [0.25, 0.3) is 0 Å². The van der Waals surface area contributed by atoms with Gasteiger partial charge < -0.3 is 19.5 Å². The Morgan fingerprint density at radius 3 is 2.57 bits per heavy atom. The maximum Gasteiger partial charge on any atom is 0.307 e. The van der Waals surface area contributed by atoms with Crippen molar-refractivity contribution in [2.45, 2.75) is 16.6 Å². The molecule has 0 saturated heterocycles. The predicted molar refractivity (Wildman–Crippen MR) is 104 cm³/mol. The van der Waals surface area contributed by atoms with Crippen molar-refractivity contribution in [1.29, 1.82) is 0 Å². The van der Waals surface area contributed by atoms with E-state index in [0.717, 1.165) is 10.6 Å². The summed E-state index contributed by atoms with van der Waals surface area (Å²) < 4.78 is 15.4. The number of para-hydroxylation sites is 1. The molecule has 2 aromatic rings. The van der Waals surface area contributed by atoms with Gasteiger partial charge in [-0.25, -0.2) is 0 Å². The van der Waals surface area contributed by atoms with Crippen LogP contribution in [0.3, 0.4) is 0 Å². The molecule has 1 aliphatic heterocycles. The highest BCUT2D eigenvalue weighted by molar-refractivity contribution is 8.01. The summed E-state index contributed by atoms with van der Waals surface area (Å²) in [5, 5.41) is 2.17. The molecular formula is C20H19NO6S. The second-order valence-corrected chi connectivity index (χ2v) is 7.19. The van der Waals surface area contributed by atoms with Crippen LogP contribution in [0.2, 0.25) is 0 Å². The third kappa shape index (κ3) is 4.45. The van der Waals surface area contributed by atoms with Crippen LogP contribution in [-0.2, 0) is 14.3 Å². The highest BCUT2D eigenvalue weighted by atomic mass is 32.2. The zero-order valence-electron chi connectivity index (χ0n) is 15.4. The minimum atomic E-state index is -0.610. The molecular weight excluding hydrogens is 382 g/mol. The monoisotopic (exact) mass is 401 g/mol. The minimum Gasteiger partial charge on any atom is -0.493 e. The number of esters is 1. The molecule has 1 N–H and O–H groups in total. The third-order valence-electron chi connectivity index (χ3n) is 4.13. The van der Waals surface area contributed by atoms with Gasteiger partial charge in [0.05, 0.1) is 31.6 Å². The van der Waals surface area contributed by atoms with Crippen LogP contribution >= 0.6 is 11.8 Å². The van der Waals surface area contributed by atoms with Gasteiger partial charge in [0.2, 0.25) is 5.91 Å². The van der Waals surface area contributed by atoms with Gasteiger partial charge >= 0.3 is 5.97 Å². The first-order valence-electron chi connectivity index (χ1n) is 8.49. The summed E-state index contributed by atoms with van der Waals surface area (Å²) >= 11 is 1.30. The van der Waals surface area contributed by atoms with E-state index in [1.165, 1.54) is 32.0 Å². The first-order valence-corrected chi connectivity index (χ1v) is 9.37. The lowest BCUT2D eigenvalue weighted by Crippen LogP contribution is -2.31. The molecule has 0 spiro atoms. The Morgan fingerprint density at radius 2 is 1.82 bits per heavy atom. The number of carbonyl (C=O) groups excluding carboxylic acids is 3. The summed E-state index contributed by atoms with van der Waals surface area (Å²) in [7, 11) is 2.97. The molecule has 1 aliphatic rings. The number of hydrogen-bond donors (Lipinski definition) is 1. The van der Waals surface area contributed by atoms with Crippen LogP contribution in [-0.4, -0.2) is 43.7 Å². The van der Waals surface area contributed by atoms with Gasteiger partial charge in [-0.15, -0.1) is 11.8 Å². The number of ketones is 1. The SMILES string of the molecule is COc1ccc(C(=O)COC(=O)C[C@@H]2Sc3ccccc3NC2=O)cc1OC. The number of benzene rings is 2. The van der Waals surface area contributed by atoms with Gasteiger partial charge in [-0.05, 0) is 30.3 Å². The van der Waals surface area contributed by atoms with E-state index < -0.39 is 17.8 Å². The molecule has 0 fully saturated rings. The van der Waals surface area contributed by atoms with Crippen molar-refractivity contribution in [3.8, 4) is 11.5 Å². The molecule has 0 unspecified atom stereocenters. The Hall–Kier alpha value is -3.00. The lowest BCUT2D eigenvalue weighted by atomic mass is 10.1. The molecule has 1 heterocycles. The first kappa shape index (κ1) is 19.8. The molecule has 146 valence electrons. The second-order valence-electron chi connectivity index (χ2n) is 5.95. The van der Waals surface area contributed by atoms with Crippen molar-refractivity contribution < 1.29 is 28.6 Å². The molecule has 0 aliphatic carbocycles. The van der Waals surface area contributed by atoms with Crippen molar-refractivity contribution in [3.63, 3.8) is 0 Å². The predicted octanol–water partition coefficient (Wildman–Crippen LogP) is 2.93. The average molecular weight is 401 g/mol. The molecule has 28 heavy (non-hydrogen) atoms. The van der Waals surface area contributed by atoms with Crippen LogP contribution in [0.1, 0.15) is 16.8 Å². The van der Waals surface area contributed by atoms with Gasteiger partial charge in [0.1, 0.15) is 0 Å². The summed E-state index contributed by atoms with van der Waals surface area (Å²) in [5.74, 6) is -0.335. The molecule has 1 atom stereocenters. The van der Waals surface area contributed by atoms with Crippen molar-refractivity contribution in [2.75, 3.05) is 26.1 Å². The topological polar surface area (TPSA) is 90.9 Å². The molecule has 7 nitrogen and oxygen atoms in total. The number of thioether (sulfide) groups is 1. The van der Waals surface area contributed by atoms with Gasteiger partial charge in [-0.3, -0.25) is 14.4 Å². The highest BCUT2D eigenvalue weighted by Gasteiger charge is 2.29. The molecule has 3 rings (SSSR count). The molecule has 0 radical (unpaired) electrons. The molecule has 1 amide bonds. The fourth-order valence-electron chi connectivity index (χ4n) is 2.68. The van der Waals surface area contributed by atoms with Gasteiger partial charge in [-0.2, -0.15) is 0 Å². The van der Waals surface area contributed by atoms with E-state index in [2.05, 4.69) is 5.32 Å². The molecule has 2 aromatic carbocycles. The molecule has 0 aromatic heterocycles. The third-order valence-corrected chi connectivity index (χ3v) is 5.40. The van der Waals surface area contributed by atoms with Crippen LogP contribution < -0.4 is 14.8 Å². The molecule has 0 saturated carbocycles. The quantitative estimate of drug-likeness (QED) is 0.563. The van der Waals surface area contributed by atoms with Crippen LogP contribution in [0.4, 0.5) is 5.69 Å². The fraction of sp³-hybridized carbons (Fsp3) is 0.250. The Kier molecular flexibility index (Phi) is 6.20.